The van der Waals surface area contributed by atoms with Gasteiger partial charge in [-0.1, -0.05) is 38.1 Å². The number of allylic oxidation sites excluding steroid dienone is 1. The van der Waals surface area contributed by atoms with Crippen molar-refractivity contribution in [3.8, 4) is 0 Å². The number of rotatable bonds is 1. The van der Waals surface area contributed by atoms with E-state index >= 15 is 0 Å². The molecule has 1 aromatic rings. The van der Waals surface area contributed by atoms with E-state index in [9.17, 15) is 0 Å². The predicted octanol–water partition coefficient (Wildman–Crippen LogP) is 3.94. The fourth-order valence-corrected chi connectivity index (χ4v) is 2.99. The molecule has 1 aromatic carbocycles. The second-order valence-electron chi connectivity index (χ2n) is 5.23. The van der Waals surface area contributed by atoms with Gasteiger partial charge < -0.3 is 0 Å². The van der Waals surface area contributed by atoms with Crippen molar-refractivity contribution in [2.75, 3.05) is 0 Å². The number of benzene rings is 1. The molecule has 2 aliphatic rings. The maximum absolute atomic E-state index is 2.47. The van der Waals surface area contributed by atoms with E-state index in [1.807, 2.05) is 0 Å². The standard InChI is InChI=1S/C15H18.Hf/c1-10(2)14-7-6-13-8-11-4-3-5-12(11)9-15(13)14;/h6-10,14H,3-5H2,1-2H3;. The molecule has 16 heavy (non-hydrogen) atoms. The first-order valence-electron chi connectivity index (χ1n) is 6.09. The van der Waals surface area contributed by atoms with Crippen LogP contribution in [0.1, 0.15) is 48.4 Å². The molecule has 0 saturated heterocycles. The molecule has 1 atom stereocenters. The summed E-state index contributed by atoms with van der Waals surface area (Å²) in [4.78, 5) is 0. The van der Waals surface area contributed by atoms with Gasteiger partial charge in [-0.3, -0.25) is 0 Å². The Labute approximate surface area is 117 Å². The minimum absolute atomic E-state index is 0. The summed E-state index contributed by atoms with van der Waals surface area (Å²) in [5.41, 5.74) is 6.27. The summed E-state index contributed by atoms with van der Waals surface area (Å²) < 4.78 is 0. The normalized spacial score (nSPS) is 20.8. The van der Waals surface area contributed by atoms with Gasteiger partial charge in [0.05, 0.1) is 0 Å². The van der Waals surface area contributed by atoms with Crippen LogP contribution in [0.4, 0.5) is 0 Å². The summed E-state index contributed by atoms with van der Waals surface area (Å²) in [6, 6.07) is 4.90. The van der Waals surface area contributed by atoms with Crippen LogP contribution in [0.15, 0.2) is 18.2 Å². The maximum atomic E-state index is 2.47. The number of hydrogen-bond acceptors (Lipinski definition) is 0. The Morgan fingerprint density at radius 2 is 1.81 bits per heavy atom. The minimum atomic E-state index is 0. The van der Waals surface area contributed by atoms with E-state index in [0.717, 1.165) is 5.92 Å². The van der Waals surface area contributed by atoms with E-state index in [4.69, 9.17) is 0 Å². The van der Waals surface area contributed by atoms with Crippen LogP contribution in [0.2, 0.25) is 0 Å². The Kier molecular flexibility index (Phi) is 3.53. The second kappa shape index (κ2) is 4.60. The molecule has 0 saturated carbocycles. The van der Waals surface area contributed by atoms with Gasteiger partial charge in [-0.2, -0.15) is 0 Å². The molecule has 1 heteroatoms. The van der Waals surface area contributed by atoms with Crippen LogP contribution < -0.4 is 0 Å². The molecule has 0 radical (unpaired) electrons. The van der Waals surface area contributed by atoms with E-state index in [0.29, 0.717) is 5.92 Å². The number of hydrogen-bond donors (Lipinski definition) is 0. The fourth-order valence-electron chi connectivity index (χ4n) is 2.99. The summed E-state index contributed by atoms with van der Waals surface area (Å²) in [5.74, 6) is 1.38. The monoisotopic (exact) mass is 378 g/mol. The first-order valence-corrected chi connectivity index (χ1v) is 6.09. The first-order chi connectivity index (χ1) is 7.25. The Morgan fingerprint density at radius 1 is 1.12 bits per heavy atom. The summed E-state index contributed by atoms with van der Waals surface area (Å²) in [5, 5.41) is 0. The van der Waals surface area contributed by atoms with Crippen molar-refractivity contribution in [3.05, 3.63) is 40.5 Å². The molecule has 0 fully saturated rings. The molecule has 0 aromatic heterocycles. The molecule has 2 aliphatic carbocycles. The molecule has 1 unspecified atom stereocenters. The molecule has 0 bridgehead atoms. The first kappa shape index (κ1) is 12.3. The van der Waals surface area contributed by atoms with Crippen LogP contribution in [0, 0.1) is 5.92 Å². The zero-order valence-corrected chi connectivity index (χ0v) is 13.7. The molecule has 3 rings (SSSR count). The van der Waals surface area contributed by atoms with Crippen LogP contribution in [-0.4, -0.2) is 0 Å². The third-order valence-electron chi connectivity index (χ3n) is 3.86. The molecular weight excluding hydrogens is 359 g/mol. The third kappa shape index (κ3) is 1.88. The van der Waals surface area contributed by atoms with Crippen molar-refractivity contribution in [1.82, 2.24) is 0 Å². The largest absolute Gasteiger partial charge is 0.0761 e. The molecule has 0 amide bonds. The van der Waals surface area contributed by atoms with Crippen LogP contribution in [0.25, 0.3) is 6.08 Å². The number of aryl methyl sites for hydroxylation is 2. The molecule has 0 N–H and O–H groups in total. The van der Waals surface area contributed by atoms with E-state index in [2.05, 4.69) is 38.1 Å². The van der Waals surface area contributed by atoms with Crippen molar-refractivity contribution in [1.29, 1.82) is 0 Å². The predicted molar refractivity (Wildman–Crippen MR) is 65.1 cm³/mol. The molecule has 0 heterocycles. The van der Waals surface area contributed by atoms with Crippen molar-refractivity contribution in [2.24, 2.45) is 5.92 Å². The van der Waals surface area contributed by atoms with Crippen LogP contribution in [0.3, 0.4) is 0 Å². The van der Waals surface area contributed by atoms with Crippen LogP contribution >= 0.6 is 0 Å². The molecular formula is C15H18Hf. The van der Waals surface area contributed by atoms with Gasteiger partial charge >= 0.3 is 0 Å². The smallest absolute Gasteiger partial charge is 0.00503 e. The average Bonchev–Trinajstić information content (AvgIpc) is 2.77. The SMILES string of the molecule is CC(C)C1C=Cc2cc3c(cc21)CCC3.[Hf]. The van der Waals surface area contributed by atoms with Gasteiger partial charge in [0.1, 0.15) is 0 Å². The van der Waals surface area contributed by atoms with E-state index in [-0.39, 0.29) is 25.8 Å². The zero-order valence-electron chi connectivity index (χ0n) is 10.1. The van der Waals surface area contributed by atoms with Gasteiger partial charge in [0, 0.05) is 31.8 Å². The van der Waals surface area contributed by atoms with Gasteiger partial charge in [0.25, 0.3) is 0 Å². The van der Waals surface area contributed by atoms with Crippen molar-refractivity contribution >= 4 is 6.08 Å². The Morgan fingerprint density at radius 3 is 2.50 bits per heavy atom. The van der Waals surface area contributed by atoms with Gasteiger partial charge in [-0.25, -0.2) is 0 Å². The van der Waals surface area contributed by atoms with Crippen molar-refractivity contribution < 1.29 is 25.8 Å². The van der Waals surface area contributed by atoms with E-state index in [1.54, 1.807) is 16.7 Å². The number of fused-ring (bicyclic) bond motifs is 2. The van der Waals surface area contributed by atoms with Crippen LogP contribution in [-0.2, 0) is 38.7 Å². The molecule has 0 spiro atoms. The Hall–Kier alpha value is -0.170. The van der Waals surface area contributed by atoms with Crippen molar-refractivity contribution in [3.63, 3.8) is 0 Å². The molecule has 82 valence electrons. The zero-order chi connectivity index (χ0) is 10.4. The minimum Gasteiger partial charge on any atom is -0.0761 e. The summed E-state index contributed by atoms with van der Waals surface area (Å²) in [6.07, 6.45) is 8.65. The second-order valence-corrected chi connectivity index (χ2v) is 5.23. The van der Waals surface area contributed by atoms with Crippen molar-refractivity contribution in [2.45, 2.75) is 39.0 Å². The molecule has 0 aliphatic heterocycles. The van der Waals surface area contributed by atoms with Gasteiger partial charge in [-0.05, 0) is 47.4 Å². The van der Waals surface area contributed by atoms with Gasteiger partial charge in [0.2, 0.25) is 0 Å². The van der Waals surface area contributed by atoms with Crippen LogP contribution in [0.5, 0.6) is 0 Å². The third-order valence-corrected chi connectivity index (χ3v) is 3.86. The van der Waals surface area contributed by atoms with Gasteiger partial charge in [0.15, 0.2) is 0 Å². The van der Waals surface area contributed by atoms with E-state index in [1.165, 1.54) is 24.8 Å². The van der Waals surface area contributed by atoms with Gasteiger partial charge in [-0.15, -0.1) is 0 Å². The maximum Gasteiger partial charge on any atom is 0.00503 e. The quantitative estimate of drug-likeness (QED) is 0.651. The fraction of sp³-hybridized carbons (Fsp3) is 0.467. The summed E-state index contributed by atoms with van der Waals surface area (Å²) >= 11 is 0. The Bertz CT molecular complexity index is 429. The van der Waals surface area contributed by atoms with E-state index < -0.39 is 0 Å². The molecule has 0 nitrogen and oxygen atoms in total. The Balaban J connectivity index is 0.000000963. The average molecular weight is 377 g/mol. The topological polar surface area (TPSA) is 0 Å². The summed E-state index contributed by atoms with van der Waals surface area (Å²) in [6.45, 7) is 4.63. The summed E-state index contributed by atoms with van der Waals surface area (Å²) in [7, 11) is 0.